The molecule has 2 amide bonds. The highest BCUT2D eigenvalue weighted by atomic mass is 35.5. The van der Waals surface area contributed by atoms with Gasteiger partial charge in [-0.1, -0.05) is 24.2 Å². The molecule has 4 heterocycles. The molecule has 0 spiro atoms. The van der Waals surface area contributed by atoms with Crippen LogP contribution in [-0.4, -0.2) is 69.4 Å². The summed E-state index contributed by atoms with van der Waals surface area (Å²) in [5.41, 5.74) is -3.13. The molecule has 9 nitrogen and oxygen atoms in total. The molecule has 1 aliphatic carbocycles. The van der Waals surface area contributed by atoms with Crippen molar-refractivity contribution >= 4 is 45.8 Å². The van der Waals surface area contributed by atoms with E-state index in [0.717, 1.165) is 12.1 Å². The number of anilines is 2. The fourth-order valence-electron chi connectivity index (χ4n) is 5.58. The first-order valence-electron chi connectivity index (χ1n) is 13.8. The van der Waals surface area contributed by atoms with Gasteiger partial charge in [-0.15, -0.1) is 0 Å². The summed E-state index contributed by atoms with van der Waals surface area (Å²) in [5.74, 6) is -6.36. The number of aromatic nitrogens is 2. The van der Waals surface area contributed by atoms with Crippen molar-refractivity contribution in [2.24, 2.45) is 0 Å². The minimum Gasteiger partial charge on any atom is -0.507 e. The van der Waals surface area contributed by atoms with Crippen molar-refractivity contribution in [2.45, 2.75) is 37.4 Å². The summed E-state index contributed by atoms with van der Waals surface area (Å²) >= 11 is 6.56. The van der Waals surface area contributed by atoms with Crippen LogP contribution in [0.25, 0.3) is 22.3 Å². The molecule has 2 aliphatic heterocycles. The molecule has 3 aromatic rings. The van der Waals surface area contributed by atoms with E-state index >= 15 is 0 Å². The summed E-state index contributed by atoms with van der Waals surface area (Å²) in [6, 6.07) is 1.09. The van der Waals surface area contributed by atoms with Crippen molar-refractivity contribution in [1.82, 2.24) is 14.5 Å². The number of carbonyl (C=O) groups excluding carboxylic acids is 2. The van der Waals surface area contributed by atoms with Crippen LogP contribution in [-0.2, 0) is 9.59 Å². The molecular formula is C27H23ClF3N5O4. The Morgan fingerprint density at radius 3 is 2.65 bits per heavy atom. The smallest absolute Gasteiger partial charge is 0.278 e. The van der Waals surface area contributed by atoms with Crippen LogP contribution in [0.5, 0.6) is 5.75 Å². The van der Waals surface area contributed by atoms with Crippen LogP contribution in [0.1, 0.15) is 23.5 Å². The highest BCUT2D eigenvalue weighted by Crippen LogP contribution is 2.54. The van der Waals surface area contributed by atoms with Gasteiger partial charge in [0.2, 0.25) is 5.91 Å². The molecule has 3 aliphatic rings. The summed E-state index contributed by atoms with van der Waals surface area (Å²) in [5, 5.41) is 10.1. The van der Waals surface area contributed by atoms with Gasteiger partial charge in [-0.25, -0.2) is 18.2 Å². The second kappa shape index (κ2) is 8.72. The molecule has 0 unspecified atom stereocenters. The maximum atomic E-state index is 14.9. The molecule has 1 saturated heterocycles. The maximum Gasteiger partial charge on any atom is 0.278 e. The van der Waals surface area contributed by atoms with Gasteiger partial charge in [-0.05, 0) is 31.2 Å². The first-order valence-corrected chi connectivity index (χ1v) is 12.6. The average molecular weight is 577 g/mol. The van der Waals surface area contributed by atoms with Crippen LogP contribution < -0.4 is 15.4 Å². The first kappa shape index (κ1) is 22.7. The van der Waals surface area contributed by atoms with Crippen molar-refractivity contribution in [3.05, 3.63) is 58.1 Å². The Hall–Kier alpha value is -4.06. The molecule has 0 radical (unpaired) electrons. The van der Waals surface area contributed by atoms with E-state index in [4.69, 9.17) is 15.7 Å². The minimum atomic E-state index is -3.36. The molecule has 1 aromatic carbocycles. The normalized spacial score (nSPS) is 24.6. The second-order valence-electron chi connectivity index (χ2n) is 10.1. The van der Waals surface area contributed by atoms with E-state index in [1.54, 1.807) is 6.92 Å². The zero-order valence-electron chi connectivity index (χ0n) is 23.9. The first-order chi connectivity index (χ1) is 20.1. The van der Waals surface area contributed by atoms with E-state index in [2.05, 4.69) is 11.6 Å². The number of nitrogens with zero attached hydrogens (tertiary/aromatic N) is 5. The van der Waals surface area contributed by atoms with Gasteiger partial charge in [0.15, 0.2) is 0 Å². The third-order valence-electron chi connectivity index (χ3n) is 7.63. The second-order valence-corrected chi connectivity index (χ2v) is 10.5. The molecule has 2 fully saturated rings. The number of hydrogen-bond acceptors (Lipinski definition) is 6. The number of aromatic hydroxyl groups is 1. The maximum absolute atomic E-state index is 14.9. The fourth-order valence-corrected chi connectivity index (χ4v) is 5.82. The minimum absolute atomic E-state index is 0.0515. The Morgan fingerprint density at radius 1 is 1.30 bits per heavy atom. The quantitative estimate of drug-likeness (QED) is 0.477. The molecular weight excluding hydrogens is 551 g/mol. The molecule has 3 atom stereocenters. The van der Waals surface area contributed by atoms with Crippen LogP contribution >= 0.6 is 11.6 Å². The zero-order valence-corrected chi connectivity index (χ0v) is 21.6. The number of alkyl halides is 2. The third-order valence-corrected chi connectivity index (χ3v) is 7.92. The number of rotatable bonds is 3. The number of amides is 2. The number of phenolic OH excluding ortho intramolecular Hbond substituents is 1. The fraction of sp³-hybridized carbons (Fsp3) is 0.333. The topological polar surface area (TPSA) is 99.0 Å². The highest BCUT2D eigenvalue weighted by Gasteiger charge is 2.60. The van der Waals surface area contributed by atoms with Gasteiger partial charge in [0.05, 0.1) is 28.5 Å². The molecule has 208 valence electrons. The van der Waals surface area contributed by atoms with Gasteiger partial charge < -0.3 is 19.8 Å². The van der Waals surface area contributed by atoms with Crippen molar-refractivity contribution in [3.63, 3.8) is 0 Å². The van der Waals surface area contributed by atoms with Gasteiger partial charge >= 0.3 is 0 Å². The van der Waals surface area contributed by atoms with E-state index in [9.17, 15) is 32.7 Å². The number of fused-ring (bicyclic) bond motifs is 5. The summed E-state index contributed by atoms with van der Waals surface area (Å²) in [7, 11) is 0. The van der Waals surface area contributed by atoms with Crippen molar-refractivity contribution in [2.75, 3.05) is 29.9 Å². The predicted molar refractivity (Wildman–Crippen MR) is 143 cm³/mol. The molecule has 2 aromatic heterocycles. The zero-order chi connectivity index (χ0) is 31.3. The van der Waals surface area contributed by atoms with Crippen molar-refractivity contribution in [3.8, 4) is 17.0 Å². The number of phenols is 1. The summed E-state index contributed by atoms with van der Waals surface area (Å²) in [6.45, 7) is 1.62. The van der Waals surface area contributed by atoms with E-state index < -0.39 is 77.6 Å². The lowest BCUT2D eigenvalue weighted by molar-refractivity contribution is -0.130. The Bertz CT molecular complexity index is 1800. The molecule has 40 heavy (non-hydrogen) atoms. The standard InChI is InChI=1S/C27H23ClF3N5O4/c1-4-19(38)34-11-16-25(39)33(3)23-22(35(16)10-12(34)2)13-8-14(28)21(20-15(29)6-5-7-17(20)37)32-24(13)36(26(23)40)18-9-27(18,30)31/h4-8,12,16,18,37H,1,9-11H2,2-3H3/t12-,16-,18+/m1/s1/i3D3. The molecule has 6 rings (SSSR count). The van der Waals surface area contributed by atoms with Gasteiger partial charge in [0.1, 0.15) is 35.0 Å². The van der Waals surface area contributed by atoms with Crippen LogP contribution in [0.3, 0.4) is 0 Å². The molecule has 13 heteroatoms. The van der Waals surface area contributed by atoms with Crippen LogP contribution in [0.15, 0.2) is 41.7 Å². The van der Waals surface area contributed by atoms with E-state index in [1.165, 1.54) is 28.0 Å². The van der Waals surface area contributed by atoms with Crippen LogP contribution in [0, 0.1) is 5.82 Å². The Kier molecular flexibility index (Phi) is 4.95. The predicted octanol–water partition coefficient (Wildman–Crippen LogP) is 3.71. The van der Waals surface area contributed by atoms with Crippen LogP contribution in [0.2, 0.25) is 5.02 Å². The summed E-state index contributed by atoms with van der Waals surface area (Å²) < 4.78 is 69.0. The lowest BCUT2D eigenvalue weighted by Gasteiger charge is -2.49. The van der Waals surface area contributed by atoms with Gasteiger partial charge in [-0.2, -0.15) is 0 Å². The number of piperazine rings is 1. The number of pyridine rings is 2. The Morgan fingerprint density at radius 2 is 2.02 bits per heavy atom. The average Bonchev–Trinajstić information content (AvgIpc) is 3.54. The monoisotopic (exact) mass is 576 g/mol. The Labute approximate surface area is 234 Å². The Balaban J connectivity index is 1.72. The number of hydrogen-bond donors (Lipinski definition) is 1. The van der Waals surface area contributed by atoms with Crippen molar-refractivity contribution < 1.29 is 32.0 Å². The van der Waals surface area contributed by atoms with Gasteiger partial charge in [0, 0.05) is 35.5 Å². The van der Waals surface area contributed by atoms with E-state index in [0.29, 0.717) is 9.47 Å². The lowest BCUT2D eigenvalue weighted by Crippen LogP contribution is -2.66. The largest absolute Gasteiger partial charge is 0.507 e. The summed E-state index contributed by atoms with van der Waals surface area (Å²) in [6.07, 6.45) is 0.289. The molecule has 1 N–H and O–H groups in total. The van der Waals surface area contributed by atoms with E-state index in [1.807, 2.05) is 0 Å². The van der Waals surface area contributed by atoms with Crippen LogP contribution in [0.4, 0.5) is 24.5 Å². The number of likely N-dealkylation sites (N-methyl/N-ethyl adjacent to an activating group) is 1. The lowest BCUT2D eigenvalue weighted by atomic mass is 9.98. The summed E-state index contributed by atoms with van der Waals surface area (Å²) in [4.78, 5) is 47.9. The van der Waals surface area contributed by atoms with Crippen molar-refractivity contribution in [1.29, 1.82) is 0 Å². The molecule has 0 bridgehead atoms. The van der Waals surface area contributed by atoms with Gasteiger partial charge in [-0.3, -0.25) is 19.0 Å². The van der Waals surface area contributed by atoms with E-state index in [-0.39, 0.29) is 40.5 Å². The van der Waals surface area contributed by atoms with Gasteiger partial charge in [0.25, 0.3) is 17.4 Å². The molecule has 1 saturated carbocycles. The number of carbonyl (C=O) groups is 2. The third kappa shape index (κ3) is 3.61. The SMILES string of the molecule is [2H]C([2H])([2H])N1C(=O)[C@H]2CN(C(=O)C=C)[C@H](C)CN2c2c1c(=O)n([C@H]1CC1(F)F)c1nc(-c3c(O)cccc3F)c(Cl)cc21. The highest BCUT2D eigenvalue weighted by molar-refractivity contribution is 6.34. The number of benzene rings is 1. The number of halogens is 4.